The number of carbonyl (C=O) groups excluding carboxylic acids is 3. The number of halogens is 4. The van der Waals surface area contributed by atoms with Crippen molar-refractivity contribution in [3.05, 3.63) is 64.7 Å². The molecule has 0 aliphatic carbocycles. The first-order valence-corrected chi connectivity index (χ1v) is 13.5. The number of unbranched alkanes of at least 4 members (excludes halogenated alkanes) is 1. The number of nitrogens with zero attached hydrogens (tertiary/aromatic N) is 3. The monoisotopic (exact) mass is 566 g/mol. The number of likely N-dealkylation sites (tertiary alicyclic amines) is 1. The fourth-order valence-electron chi connectivity index (χ4n) is 4.61. The minimum atomic E-state index is -4.49. The van der Waals surface area contributed by atoms with Crippen LogP contribution in [0.1, 0.15) is 62.6 Å². The molecule has 2 heterocycles. The lowest BCUT2D eigenvalue weighted by atomic mass is 10.0. The molecule has 4 amide bonds. The molecule has 212 valence electrons. The van der Waals surface area contributed by atoms with Gasteiger partial charge in [0.2, 0.25) is 11.8 Å². The highest BCUT2D eigenvalue weighted by molar-refractivity contribution is 6.30. The van der Waals surface area contributed by atoms with Gasteiger partial charge in [0.05, 0.1) is 11.6 Å². The molecule has 11 heteroatoms. The van der Waals surface area contributed by atoms with Gasteiger partial charge in [0, 0.05) is 36.8 Å². The van der Waals surface area contributed by atoms with E-state index in [2.05, 4.69) is 0 Å². The number of anilines is 1. The van der Waals surface area contributed by atoms with Crippen molar-refractivity contribution >= 4 is 35.1 Å². The maximum atomic E-state index is 13.3. The van der Waals surface area contributed by atoms with Gasteiger partial charge in [-0.3, -0.25) is 14.5 Å². The lowest BCUT2D eigenvalue weighted by Gasteiger charge is -2.28. The molecule has 39 heavy (non-hydrogen) atoms. The fraction of sp³-hybridized carbons (Fsp3) is 0.464. The molecule has 2 N–H and O–H groups in total. The standard InChI is InChI=1S/C23H23ClF3N3O2.C5H11NO/c24-18-7-9-19(10-8-18)30-20(16-5-4-6-17(13-16)23(25,26)27)14-29(22(30)32)15-21(31)28-11-2-1-3-12-28;1-2-3-4-5(6)7/h4-10,13,20H,1-3,11-12,14-15H2;2-4H2,1H3,(H2,6,7)/t20-;/m1./s1. The zero-order chi connectivity index (χ0) is 28.6. The van der Waals surface area contributed by atoms with Crippen molar-refractivity contribution < 1.29 is 27.6 Å². The Kier molecular flexibility index (Phi) is 10.6. The normalized spacial score (nSPS) is 17.6. The molecule has 2 aromatic carbocycles. The molecule has 2 aliphatic heterocycles. The molecule has 0 bridgehead atoms. The van der Waals surface area contributed by atoms with Gasteiger partial charge in [0.25, 0.3) is 0 Å². The van der Waals surface area contributed by atoms with Crippen LogP contribution in [-0.2, 0) is 15.8 Å². The van der Waals surface area contributed by atoms with E-state index < -0.39 is 23.8 Å². The number of carbonyl (C=O) groups is 3. The molecule has 0 aromatic heterocycles. The SMILES string of the molecule is CCCCC(N)=O.O=C(CN1C[C@H](c2cccc(C(F)(F)F)c2)N(c2ccc(Cl)cc2)C1=O)N1CCCCC1. The summed E-state index contributed by atoms with van der Waals surface area (Å²) >= 11 is 5.97. The van der Waals surface area contributed by atoms with Gasteiger partial charge in [-0.15, -0.1) is 0 Å². The summed E-state index contributed by atoms with van der Waals surface area (Å²) < 4.78 is 39.9. The van der Waals surface area contributed by atoms with Gasteiger partial charge in [-0.25, -0.2) is 4.79 Å². The largest absolute Gasteiger partial charge is 0.416 e. The Labute approximate surface area is 231 Å². The molecule has 4 rings (SSSR count). The van der Waals surface area contributed by atoms with E-state index >= 15 is 0 Å². The zero-order valence-electron chi connectivity index (χ0n) is 21.9. The van der Waals surface area contributed by atoms with Crippen molar-refractivity contribution in [2.45, 2.75) is 57.7 Å². The van der Waals surface area contributed by atoms with E-state index in [1.807, 2.05) is 6.92 Å². The second-order valence-corrected chi connectivity index (χ2v) is 10.1. The predicted molar refractivity (Wildman–Crippen MR) is 144 cm³/mol. The van der Waals surface area contributed by atoms with Crippen LogP contribution in [0.25, 0.3) is 0 Å². The molecule has 0 radical (unpaired) electrons. The summed E-state index contributed by atoms with van der Waals surface area (Å²) in [6.07, 6.45) is 0.962. The first kappa shape index (κ1) is 30.3. The molecule has 1 atom stereocenters. The van der Waals surface area contributed by atoms with Crippen LogP contribution in [0.2, 0.25) is 5.02 Å². The van der Waals surface area contributed by atoms with Crippen LogP contribution in [0.4, 0.5) is 23.7 Å². The summed E-state index contributed by atoms with van der Waals surface area (Å²) in [6.45, 7) is 3.38. The van der Waals surface area contributed by atoms with Gasteiger partial charge in [0.15, 0.2) is 0 Å². The van der Waals surface area contributed by atoms with Crippen LogP contribution < -0.4 is 10.6 Å². The number of hydrogen-bond donors (Lipinski definition) is 1. The topological polar surface area (TPSA) is 87.0 Å². The summed E-state index contributed by atoms with van der Waals surface area (Å²) in [5, 5.41) is 0.480. The van der Waals surface area contributed by atoms with Gasteiger partial charge in [-0.05, 0) is 67.6 Å². The van der Waals surface area contributed by atoms with Crippen molar-refractivity contribution in [2.24, 2.45) is 5.73 Å². The van der Waals surface area contributed by atoms with Gasteiger partial charge < -0.3 is 15.5 Å². The number of rotatable bonds is 7. The van der Waals surface area contributed by atoms with Gasteiger partial charge >= 0.3 is 12.2 Å². The highest BCUT2D eigenvalue weighted by Crippen LogP contribution is 2.37. The smallest absolute Gasteiger partial charge is 0.370 e. The number of benzene rings is 2. The third-order valence-corrected chi connectivity index (χ3v) is 6.95. The summed E-state index contributed by atoms with van der Waals surface area (Å²) in [7, 11) is 0. The number of piperidine rings is 1. The number of hydrogen-bond acceptors (Lipinski definition) is 3. The molecule has 0 spiro atoms. The van der Waals surface area contributed by atoms with Crippen LogP contribution in [0.5, 0.6) is 0 Å². The Bertz CT molecular complexity index is 1140. The first-order chi connectivity index (χ1) is 18.5. The zero-order valence-corrected chi connectivity index (χ0v) is 22.7. The molecule has 0 unspecified atom stereocenters. The molecular weight excluding hydrogens is 533 g/mol. The third-order valence-electron chi connectivity index (χ3n) is 6.70. The third kappa shape index (κ3) is 8.36. The Morgan fingerprint density at radius 1 is 1.05 bits per heavy atom. The van der Waals surface area contributed by atoms with E-state index in [1.165, 1.54) is 15.9 Å². The van der Waals surface area contributed by atoms with E-state index in [0.717, 1.165) is 44.2 Å². The summed E-state index contributed by atoms with van der Waals surface area (Å²) in [4.78, 5) is 40.6. The van der Waals surface area contributed by atoms with Crippen LogP contribution >= 0.6 is 11.6 Å². The van der Waals surface area contributed by atoms with Crippen molar-refractivity contribution in [1.29, 1.82) is 0 Å². The highest BCUT2D eigenvalue weighted by atomic mass is 35.5. The molecular formula is C28H34ClF3N4O3. The quantitative estimate of drug-likeness (QED) is 0.445. The minimum absolute atomic E-state index is 0.0988. The van der Waals surface area contributed by atoms with Crippen molar-refractivity contribution in [2.75, 3.05) is 31.1 Å². The molecule has 7 nitrogen and oxygen atoms in total. The molecule has 2 saturated heterocycles. The van der Waals surface area contributed by atoms with Crippen LogP contribution in [-0.4, -0.2) is 53.8 Å². The van der Waals surface area contributed by atoms with Crippen LogP contribution in [0.15, 0.2) is 48.5 Å². The summed E-state index contributed by atoms with van der Waals surface area (Å²) in [5.74, 6) is -0.333. The molecule has 2 fully saturated rings. The maximum absolute atomic E-state index is 13.3. The highest BCUT2D eigenvalue weighted by Gasteiger charge is 2.41. The Morgan fingerprint density at radius 3 is 2.28 bits per heavy atom. The van der Waals surface area contributed by atoms with Crippen molar-refractivity contribution in [3.8, 4) is 0 Å². The van der Waals surface area contributed by atoms with E-state index in [4.69, 9.17) is 17.3 Å². The number of primary amides is 1. The first-order valence-electron chi connectivity index (χ1n) is 13.1. The lowest BCUT2D eigenvalue weighted by molar-refractivity contribution is -0.137. The molecule has 0 saturated carbocycles. The molecule has 2 aromatic rings. The van der Waals surface area contributed by atoms with E-state index in [-0.39, 0.29) is 24.9 Å². The van der Waals surface area contributed by atoms with Gasteiger partial charge in [0.1, 0.15) is 6.54 Å². The second kappa shape index (κ2) is 13.7. The van der Waals surface area contributed by atoms with Gasteiger partial charge in [-0.1, -0.05) is 37.1 Å². The van der Waals surface area contributed by atoms with Crippen LogP contribution in [0, 0.1) is 0 Å². The van der Waals surface area contributed by atoms with Crippen LogP contribution in [0.3, 0.4) is 0 Å². The number of amides is 4. The molecule has 2 aliphatic rings. The van der Waals surface area contributed by atoms with Crippen molar-refractivity contribution in [3.63, 3.8) is 0 Å². The average Bonchev–Trinajstić information content (AvgIpc) is 3.24. The lowest BCUT2D eigenvalue weighted by Crippen LogP contribution is -2.44. The van der Waals surface area contributed by atoms with E-state index in [0.29, 0.717) is 35.8 Å². The van der Waals surface area contributed by atoms with Crippen molar-refractivity contribution in [1.82, 2.24) is 9.80 Å². The average molecular weight is 567 g/mol. The minimum Gasteiger partial charge on any atom is -0.370 e. The fourth-order valence-corrected chi connectivity index (χ4v) is 4.74. The number of alkyl halides is 3. The summed E-state index contributed by atoms with van der Waals surface area (Å²) in [6, 6.07) is 10.4. The Balaban J connectivity index is 0.000000532. The van der Waals surface area contributed by atoms with E-state index in [9.17, 15) is 27.6 Å². The maximum Gasteiger partial charge on any atom is 0.416 e. The summed E-state index contributed by atoms with van der Waals surface area (Å²) in [5.41, 5.74) is 4.93. The Hall–Kier alpha value is -3.27. The van der Waals surface area contributed by atoms with E-state index in [1.54, 1.807) is 35.2 Å². The number of nitrogens with two attached hydrogens (primary N) is 1. The number of urea groups is 1. The predicted octanol–water partition coefficient (Wildman–Crippen LogP) is 6.02. The van der Waals surface area contributed by atoms with Gasteiger partial charge in [-0.2, -0.15) is 13.2 Å². The second-order valence-electron chi connectivity index (χ2n) is 9.66. The Morgan fingerprint density at radius 2 is 1.72 bits per heavy atom.